The first-order valence-electron chi connectivity index (χ1n) is 4.67. The van der Waals surface area contributed by atoms with Crippen LogP contribution in [0.15, 0.2) is 0 Å². The summed E-state index contributed by atoms with van der Waals surface area (Å²) in [6.45, 7) is 1.20. The SMILES string of the molecule is CC(=O)C(=O)ONC1CCCCC1. The van der Waals surface area contributed by atoms with Gasteiger partial charge in [0.15, 0.2) is 0 Å². The molecule has 4 nitrogen and oxygen atoms in total. The summed E-state index contributed by atoms with van der Waals surface area (Å²) in [5.41, 5.74) is 2.63. The highest BCUT2D eigenvalue weighted by Crippen LogP contribution is 2.17. The molecule has 0 unspecified atom stereocenters. The van der Waals surface area contributed by atoms with Crippen molar-refractivity contribution in [2.24, 2.45) is 0 Å². The van der Waals surface area contributed by atoms with Gasteiger partial charge in [-0.25, -0.2) is 4.79 Å². The number of hydroxylamine groups is 1. The van der Waals surface area contributed by atoms with E-state index in [4.69, 9.17) is 0 Å². The predicted octanol–water partition coefficient (Wildman–Crippen LogP) is 0.956. The number of nitrogens with one attached hydrogen (secondary N) is 1. The van der Waals surface area contributed by atoms with Gasteiger partial charge in [0.1, 0.15) is 0 Å². The molecule has 0 spiro atoms. The Kier molecular flexibility index (Phi) is 3.89. The minimum absolute atomic E-state index is 0.233. The fourth-order valence-electron chi connectivity index (χ4n) is 1.43. The van der Waals surface area contributed by atoms with Crippen molar-refractivity contribution in [3.05, 3.63) is 0 Å². The molecule has 0 amide bonds. The van der Waals surface area contributed by atoms with E-state index in [0.29, 0.717) is 0 Å². The Labute approximate surface area is 77.6 Å². The fourth-order valence-corrected chi connectivity index (χ4v) is 1.43. The Balaban J connectivity index is 2.17. The van der Waals surface area contributed by atoms with Gasteiger partial charge in [0.2, 0.25) is 5.78 Å². The number of carbonyl (C=O) groups excluding carboxylic acids is 2. The molecule has 0 atom stereocenters. The maximum atomic E-state index is 10.8. The zero-order chi connectivity index (χ0) is 9.68. The predicted molar refractivity (Wildman–Crippen MR) is 46.8 cm³/mol. The van der Waals surface area contributed by atoms with Gasteiger partial charge in [-0.2, -0.15) is 0 Å². The summed E-state index contributed by atoms with van der Waals surface area (Å²) >= 11 is 0. The van der Waals surface area contributed by atoms with Crippen molar-refractivity contribution in [1.82, 2.24) is 5.48 Å². The number of rotatable bonds is 3. The highest BCUT2D eigenvalue weighted by Gasteiger charge is 2.16. The Morgan fingerprint density at radius 3 is 2.38 bits per heavy atom. The minimum atomic E-state index is -0.800. The first-order valence-corrected chi connectivity index (χ1v) is 4.67. The van der Waals surface area contributed by atoms with Crippen molar-refractivity contribution in [2.45, 2.75) is 45.1 Å². The molecule has 1 aliphatic rings. The normalized spacial score (nSPS) is 18.2. The topological polar surface area (TPSA) is 55.4 Å². The second kappa shape index (κ2) is 4.97. The monoisotopic (exact) mass is 185 g/mol. The largest absolute Gasteiger partial charge is 0.392 e. The summed E-state index contributed by atoms with van der Waals surface area (Å²) in [7, 11) is 0. The van der Waals surface area contributed by atoms with Crippen molar-refractivity contribution in [3.8, 4) is 0 Å². The van der Waals surface area contributed by atoms with Gasteiger partial charge in [0.25, 0.3) is 0 Å². The van der Waals surface area contributed by atoms with E-state index >= 15 is 0 Å². The molecule has 0 radical (unpaired) electrons. The molecular formula is C9H15NO3. The van der Waals surface area contributed by atoms with Crippen LogP contribution in [0.2, 0.25) is 0 Å². The van der Waals surface area contributed by atoms with Gasteiger partial charge in [-0.15, -0.1) is 5.48 Å². The molecular weight excluding hydrogens is 170 g/mol. The highest BCUT2D eigenvalue weighted by molar-refractivity contribution is 6.32. The second-order valence-electron chi connectivity index (χ2n) is 3.40. The maximum absolute atomic E-state index is 10.8. The van der Waals surface area contributed by atoms with E-state index < -0.39 is 11.8 Å². The second-order valence-corrected chi connectivity index (χ2v) is 3.40. The molecule has 0 bridgehead atoms. The van der Waals surface area contributed by atoms with Gasteiger partial charge < -0.3 is 4.84 Å². The van der Waals surface area contributed by atoms with Crippen LogP contribution in [0, 0.1) is 0 Å². The number of carbonyl (C=O) groups is 2. The molecule has 0 aromatic rings. The first kappa shape index (κ1) is 10.2. The molecule has 74 valence electrons. The van der Waals surface area contributed by atoms with Gasteiger partial charge in [0, 0.05) is 13.0 Å². The van der Waals surface area contributed by atoms with Crippen molar-refractivity contribution in [2.75, 3.05) is 0 Å². The van der Waals surface area contributed by atoms with Crippen LogP contribution in [-0.4, -0.2) is 17.8 Å². The average Bonchev–Trinajstić information content (AvgIpc) is 2.15. The molecule has 0 aliphatic heterocycles. The molecule has 13 heavy (non-hydrogen) atoms. The summed E-state index contributed by atoms with van der Waals surface area (Å²) in [5.74, 6) is -1.37. The van der Waals surface area contributed by atoms with Crippen LogP contribution in [0.4, 0.5) is 0 Å². The van der Waals surface area contributed by atoms with Crippen molar-refractivity contribution in [1.29, 1.82) is 0 Å². The van der Waals surface area contributed by atoms with Gasteiger partial charge in [-0.1, -0.05) is 19.3 Å². The number of hydrogen-bond acceptors (Lipinski definition) is 4. The third kappa shape index (κ3) is 3.55. The van der Waals surface area contributed by atoms with Crippen LogP contribution < -0.4 is 5.48 Å². The summed E-state index contributed by atoms with van der Waals surface area (Å²) in [4.78, 5) is 25.9. The molecule has 1 aliphatic carbocycles. The molecule has 0 saturated heterocycles. The fraction of sp³-hybridized carbons (Fsp3) is 0.778. The Bertz CT molecular complexity index is 197. The molecule has 0 aromatic carbocycles. The molecule has 1 saturated carbocycles. The van der Waals surface area contributed by atoms with E-state index in [2.05, 4.69) is 10.3 Å². The lowest BCUT2D eigenvalue weighted by atomic mass is 9.96. The molecule has 4 heteroatoms. The van der Waals surface area contributed by atoms with Crippen LogP contribution >= 0.6 is 0 Å². The summed E-state index contributed by atoms with van der Waals surface area (Å²) in [6.07, 6.45) is 5.61. The van der Waals surface area contributed by atoms with Crippen LogP contribution in [0.1, 0.15) is 39.0 Å². The number of Topliss-reactive ketones (excluding diaryl/α,β-unsaturated/α-hetero) is 1. The lowest BCUT2D eigenvalue weighted by molar-refractivity contribution is -0.160. The van der Waals surface area contributed by atoms with E-state index in [9.17, 15) is 9.59 Å². The Morgan fingerprint density at radius 2 is 1.85 bits per heavy atom. The maximum Gasteiger partial charge on any atom is 0.392 e. The standard InChI is InChI=1S/C9H15NO3/c1-7(11)9(12)13-10-8-5-3-2-4-6-8/h8,10H,2-6H2,1H3. The first-order chi connectivity index (χ1) is 6.20. The Morgan fingerprint density at radius 1 is 1.23 bits per heavy atom. The van der Waals surface area contributed by atoms with E-state index in [0.717, 1.165) is 25.7 Å². The molecule has 0 aromatic heterocycles. The van der Waals surface area contributed by atoms with Crippen LogP contribution in [0.25, 0.3) is 0 Å². The van der Waals surface area contributed by atoms with Gasteiger partial charge in [-0.05, 0) is 12.8 Å². The van der Waals surface area contributed by atoms with Crippen molar-refractivity contribution >= 4 is 11.8 Å². The van der Waals surface area contributed by atoms with Crippen molar-refractivity contribution < 1.29 is 14.4 Å². The van der Waals surface area contributed by atoms with Gasteiger partial charge in [0.05, 0.1) is 0 Å². The lowest BCUT2D eigenvalue weighted by Crippen LogP contribution is -2.34. The number of ketones is 1. The minimum Gasteiger partial charge on any atom is -0.364 e. The summed E-state index contributed by atoms with van der Waals surface area (Å²) in [5, 5.41) is 0. The van der Waals surface area contributed by atoms with Gasteiger partial charge in [-0.3, -0.25) is 4.79 Å². The molecule has 0 heterocycles. The van der Waals surface area contributed by atoms with E-state index in [1.165, 1.54) is 13.3 Å². The zero-order valence-electron chi connectivity index (χ0n) is 7.84. The van der Waals surface area contributed by atoms with Gasteiger partial charge >= 0.3 is 5.97 Å². The molecule has 1 rings (SSSR count). The smallest absolute Gasteiger partial charge is 0.364 e. The zero-order valence-corrected chi connectivity index (χ0v) is 7.84. The summed E-state index contributed by atoms with van der Waals surface area (Å²) in [6, 6.07) is 0.233. The lowest BCUT2D eigenvalue weighted by Gasteiger charge is -2.21. The quantitative estimate of drug-likeness (QED) is 0.525. The van der Waals surface area contributed by atoms with E-state index in [-0.39, 0.29) is 6.04 Å². The third-order valence-electron chi connectivity index (χ3n) is 2.21. The third-order valence-corrected chi connectivity index (χ3v) is 2.21. The summed E-state index contributed by atoms with van der Waals surface area (Å²) < 4.78 is 0. The van der Waals surface area contributed by atoms with Crippen LogP contribution in [0.5, 0.6) is 0 Å². The van der Waals surface area contributed by atoms with E-state index in [1.807, 2.05) is 0 Å². The van der Waals surface area contributed by atoms with Crippen molar-refractivity contribution in [3.63, 3.8) is 0 Å². The highest BCUT2D eigenvalue weighted by atomic mass is 16.7. The van der Waals surface area contributed by atoms with Crippen LogP contribution in [-0.2, 0) is 14.4 Å². The molecule has 1 N–H and O–H groups in total. The van der Waals surface area contributed by atoms with Crippen LogP contribution in [0.3, 0.4) is 0 Å². The van der Waals surface area contributed by atoms with E-state index in [1.54, 1.807) is 0 Å². The number of hydrogen-bond donors (Lipinski definition) is 1. The molecule has 1 fully saturated rings. The Hall–Kier alpha value is -0.900. The average molecular weight is 185 g/mol.